The van der Waals surface area contributed by atoms with Gasteiger partial charge in [0.1, 0.15) is 5.75 Å². The first-order valence-electron chi connectivity index (χ1n) is 7.66. The standard InChI is InChI=1S/C16H21NO4S2/c1-21-14-5-3-4-11-8-12(10-22-15(11)14)16(18)17-7-6-13(9-17)23(2,19)20/h3-5,12-13H,6-10H2,1-2H3. The van der Waals surface area contributed by atoms with Crippen LogP contribution in [0.4, 0.5) is 0 Å². The minimum absolute atomic E-state index is 0.0807. The number of carbonyl (C=O) groups is 1. The van der Waals surface area contributed by atoms with Gasteiger partial charge in [-0.3, -0.25) is 4.79 Å². The molecule has 5 nitrogen and oxygen atoms in total. The van der Waals surface area contributed by atoms with Gasteiger partial charge in [0.25, 0.3) is 0 Å². The zero-order valence-corrected chi connectivity index (χ0v) is 15.0. The third kappa shape index (κ3) is 3.35. The van der Waals surface area contributed by atoms with Crippen LogP contribution in [-0.2, 0) is 21.1 Å². The third-order valence-corrected chi connectivity index (χ3v) is 7.50. The van der Waals surface area contributed by atoms with Crippen LogP contribution in [0.25, 0.3) is 0 Å². The lowest BCUT2D eigenvalue weighted by molar-refractivity contribution is -0.133. The Morgan fingerprint density at radius 1 is 1.39 bits per heavy atom. The van der Waals surface area contributed by atoms with E-state index in [0.717, 1.165) is 16.2 Å². The highest BCUT2D eigenvalue weighted by Gasteiger charge is 2.36. The zero-order valence-electron chi connectivity index (χ0n) is 13.3. The smallest absolute Gasteiger partial charge is 0.226 e. The van der Waals surface area contributed by atoms with Gasteiger partial charge in [0.05, 0.1) is 23.2 Å². The van der Waals surface area contributed by atoms with Crippen molar-refractivity contribution >= 4 is 27.5 Å². The topological polar surface area (TPSA) is 63.7 Å². The fraction of sp³-hybridized carbons (Fsp3) is 0.562. The van der Waals surface area contributed by atoms with Crippen LogP contribution in [-0.4, -0.2) is 56.7 Å². The summed E-state index contributed by atoms with van der Waals surface area (Å²) in [5, 5.41) is -0.407. The van der Waals surface area contributed by atoms with Crippen LogP contribution in [0.2, 0.25) is 0 Å². The van der Waals surface area contributed by atoms with E-state index in [1.165, 1.54) is 6.26 Å². The average Bonchev–Trinajstić information content (AvgIpc) is 3.03. The van der Waals surface area contributed by atoms with Gasteiger partial charge in [-0.1, -0.05) is 12.1 Å². The van der Waals surface area contributed by atoms with Crippen LogP contribution in [0.3, 0.4) is 0 Å². The minimum Gasteiger partial charge on any atom is -0.496 e. The summed E-state index contributed by atoms with van der Waals surface area (Å²) in [6, 6.07) is 5.92. The second kappa shape index (κ2) is 6.36. The van der Waals surface area contributed by atoms with Crippen molar-refractivity contribution in [3.05, 3.63) is 23.8 Å². The van der Waals surface area contributed by atoms with Crippen LogP contribution >= 0.6 is 11.8 Å². The number of thioether (sulfide) groups is 1. The molecule has 23 heavy (non-hydrogen) atoms. The summed E-state index contributed by atoms with van der Waals surface area (Å²) >= 11 is 1.65. The molecule has 2 heterocycles. The quantitative estimate of drug-likeness (QED) is 0.824. The normalized spacial score (nSPS) is 24.3. The number of methoxy groups -OCH3 is 1. The molecule has 7 heteroatoms. The van der Waals surface area contributed by atoms with Crippen molar-refractivity contribution in [3.8, 4) is 5.75 Å². The fourth-order valence-electron chi connectivity index (χ4n) is 3.25. The van der Waals surface area contributed by atoms with Crippen LogP contribution in [0.1, 0.15) is 12.0 Å². The van der Waals surface area contributed by atoms with E-state index < -0.39 is 15.1 Å². The first kappa shape index (κ1) is 16.6. The summed E-state index contributed by atoms with van der Waals surface area (Å²) in [7, 11) is -1.42. The predicted molar refractivity (Wildman–Crippen MR) is 90.7 cm³/mol. The van der Waals surface area contributed by atoms with Crippen molar-refractivity contribution in [1.29, 1.82) is 0 Å². The van der Waals surface area contributed by atoms with Crippen LogP contribution in [0.15, 0.2) is 23.1 Å². The lowest BCUT2D eigenvalue weighted by Crippen LogP contribution is -2.38. The van der Waals surface area contributed by atoms with Gasteiger partial charge in [-0.05, 0) is 24.5 Å². The van der Waals surface area contributed by atoms with Gasteiger partial charge in [-0.15, -0.1) is 11.8 Å². The molecule has 1 fully saturated rings. The second-order valence-electron chi connectivity index (χ2n) is 6.19. The maximum absolute atomic E-state index is 12.7. The van der Waals surface area contributed by atoms with E-state index in [-0.39, 0.29) is 11.8 Å². The number of fused-ring (bicyclic) bond motifs is 1. The minimum atomic E-state index is -3.07. The van der Waals surface area contributed by atoms with Crippen molar-refractivity contribution < 1.29 is 17.9 Å². The number of carbonyl (C=O) groups excluding carboxylic acids is 1. The number of hydrogen-bond donors (Lipinski definition) is 0. The van der Waals surface area contributed by atoms with Crippen molar-refractivity contribution in [2.45, 2.75) is 23.0 Å². The summed E-state index contributed by atoms with van der Waals surface area (Å²) in [6.07, 6.45) is 2.50. The summed E-state index contributed by atoms with van der Waals surface area (Å²) in [4.78, 5) is 15.6. The van der Waals surface area contributed by atoms with Gasteiger partial charge < -0.3 is 9.64 Å². The van der Waals surface area contributed by atoms with E-state index in [1.807, 2.05) is 18.2 Å². The molecule has 2 aliphatic heterocycles. The highest BCUT2D eigenvalue weighted by Crippen LogP contribution is 2.40. The Morgan fingerprint density at radius 2 is 2.17 bits per heavy atom. The van der Waals surface area contributed by atoms with E-state index in [9.17, 15) is 13.2 Å². The summed E-state index contributed by atoms with van der Waals surface area (Å²) in [5.41, 5.74) is 1.14. The fourth-order valence-corrected chi connectivity index (χ4v) is 5.49. The molecule has 1 saturated heterocycles. The highest BCUT2D eigenvalue weighted by atomic mass is 32.2. The van der Waals surface area contributed by atoms with E-state index in [4.69, 9.17) is 4.74 Å². The number of nitrogens with zero attached hydrogens (tertiary/aromatic N) is 1. The van der Waals surface area contributed by atoms with E-state index in [1.54, 1.807) is 23.8 Å². The first-order valence-corrected chi connectivity index (χ1v) is 10.6. The molecule has 3 rings (SSSR count). The molecule has 0 aromatic heterocycles. The van der Waals surface area contributed by atoms with Crippen LogP contribution < -0.4 is 4.74 Å². The van der Waals surface area contributed by atoms with Gasteiger partial charge in [-0.2, -0.15) is 0 Å². The van der Waals surface area contributed by atoms with Crippen LogP contribution in [0, 0.1) is 5.92 Å². The number of hydrogen-bond acceptors (Lipinski definition) is 5. The molecule has 0 saturated carbocycles. The maximum atomic E-state index is 12.7. The van der Waals surface area contributed by atoms with E-state index in [2.05, 4.69) is 0 Å². The SMILES string of the molecule is COc1cccc2c1SCC(C(=O)N1CCC(S(C)(=O)=O)C1)C2. The molecule has 2 aliphatic rings. The van der Waals surface area contributed by atoms with Gasteiger partial charge >= 0.3 is 0 Å². The monoisotopic (exact) mass is 355 g/mol. The number of likely N-dealkylation sites (tertiary alicyclic amines) is 1. The number of sulfone groups is 1. The molecular formula is C16H21NO4S2. The van der Waals surface area contributed by atoms with Gasteiger partial charge in [0, 0.05) is 25.1 Å². The molecule has 0 N–H and O–H groups in total. The van der Waals surface area contributed by atoms with Gasteiger partial charge in [-0.25, -0.2) is 8.42 Å². The highest BCUT2D eigenvalue weighted by molar-refractivity contribution is 7.99. The number of benzene rings is 1. The molecule has 0 radical (unpaired) electrons. The zero-order chi connectivity index (χ0) is 16.6. The second-order valence-corrected chi connectivity index (χ2v) is 9.54. The molecule has 1 aromatic rings. The van der Waals surface area contributed by atoms with E-state index in [0.29, 0.717) is 31.7 Å². The Morgan fingerprint density at radius 3 is 2.83 bits per heavy atom. The lowest BCUT2D eigenvalue weighted by atomic mass is 9.98. The van der Waals surface area contributed by atoms with Gasteiger partial charge in [0.2, 0.25) is 5.91 Å². The van der Waals surface area contributed by atoms with Gasteiger partial charge in [0.15, 0.2) is 9.84 Å². The third-order valence-electron chi connectivity index (χ3n) is 4.59. The number of amides is 1. The van der Waals surface area contributed by atoms with E-state index >= 15 is 0 Å². The molecule has 126 valence electrons. The van der Waals surface area contributed by atoms with Crippen molar-refractivity contribution in [1.82, 2.24) is 4.90 Å². The Kier molecular flexibility index (Phi) is 4.60. The molecule has 1 aromatic carbocycles. The molecule has 2 unspecified atom stereocenters. The Bertz CT molecular complexity index is 717. The molecule has 2 atom stereocenters. The Balaban J connectivity index is 1.71. The summed E-state index contributed by atoms with van der Waals surface area (Å²) in [6.45, 7) is 0.881. The molecule has 0 bridgehead atoms. The van der Waals surface area contributed by atoms with Crippen molar-refractivity contribution in [2.24, 2.45) is 5.92 Å². The average molecular weight is 355 g/mol. The molecule has 1 amide bonds. The lowest BCUT2D eigenvalue weighted by Gasteiger charge is -2.28. The largest absolute Gasteiger partial charge is 0.496 e. The molecule has 0 spiro atoms. The predicted octanol–water partition coefficient (Wildman–Crippen LogP) is 1.61. The molecular weight excluding hydrogens is 334 g/mol. The molecule has 0 aliphatic carbocycles. The van der Waals surface area contributed by atoms with Crippen molar-refractivity contribution in [3.63, 3.8) is 0 Å². The number of rotatable bonds is 3. The van der Waals surface area contributed by atoms with Crippen molar-refractivity contribution in [2.75, 3.05) is 32.2 Å². The van der Waals surface area contributed by atoms with Crippen LogP contribution in [0.5, 0.6) is 5.75 Å². The maximum Gasteiger partial charge on any atom is 0.226 e. The number of ether oxygens (including phenoxy) is 1. The summed E-state index contributed by atoms with van der Waals surface area (Å²) in [5.74, 6) is 1.57. The summed E-state index contributed by atoms with van der Waals surface area (Å²) < 4.78 is 28.7. The Hall–Kier alpha value is -1.21. The first-order chi connectivity index (χ1) is 10.9. The Labute approximate surface area is 141 Å².